The smallest absolute Gasteiger partial charge is 0.328 e. The molecule has 0 aliphatic heterocycles. The summed E-state index contributed by atoms with van der Waals surface area (Å²) in [4.78, 5) is 160. The molecule has 0 fully saturated rings. The highest BCUT2D eigenvalue weighted by atomic mass is 127. The molecule has 9 N–H and O–H groups in total. The zero-order chi connectivity index (χ0) is 76.6. The highest BCUT2D eigenvalue weighted by Gasteiger charge is 2.32. The lowest BCUT2D eigenvalue weighted by molar-refractivity contribution is -0.145. The number of carbonyl (C=O) groups is 12. The number of unbranched alkanes of at least 4 members (excludes halogenated alkanes) is 4. The summed E-state index contributed by atoms with van der Waals surface area (Å²) < 4.78 is 41.0. The molecule has 6 atom stereocenters. The summed E-state index contributed by atoms with van der Waals surface area (Å²) in [5, 5.41) is 48.4. The fourth-order valence-electron chi connectivity index (χ4n) is 11.5. The Hall–Kier alpha value is -7.62. The van der Waals surface area contributed by atoms with Gasteiger partial charge in [0.2, 0.25) is 23.6 Å². The number of aryl methyl sites for hydroxylation is 1. The minimum Gasteiger partial charge on any atom is -0.481 e. The van der Waals surface area contributed by atoms with Gasteiger partial charge in [0.25, 0.3) is 0 Å². The maximum absolute atomic E-state index is 13.5. The lowest BCUT2D eigenvalue weighted by Gasteiger charge is -2.20. The average molecular weight is 1600 g/mol. The van der Waals surface area contributed by atoms with E-state index in [2.05, 4.69) is 67.8 Å². The minimum absolute atomic E-state index is 0.0106. The zero-order valence-corrected chi connectivity index (χ0v) is 62.9. The number of Topliss-reactive ketones (excluding diaryl/α,β-unsaturated/α-hetero) is 4. The van der Waals surface area contributed by atoms with E-state index in [1.807, 2.05) is 60.7 Å². The van der Waals surface area contributed by atoms with E-state index in [1.165, 1.54) is 5.56 Å². The first-order chi connectivity index (χ1) is 50.4. The van der Waals surface area contributed by atoms with Crippen molar-refractivity contribution in [2.45, 2.75) is 179 Å². The van der Waals surface area contributed by atoms with Crippen molar-refractivity contribution in [2.24, 2.45) is 17.8 Å². The molecule has 578 valence electrons. The third-order valence-electron chi connectivity index (χ3n) is 17.4. The van der Waals surface area contributed by atoms with Crippen LogP contribution in [0, 0.1) is 33.2 Å². The Kier molecular flexibility index (Phi) is 44.8. The second-order valence-corrected chi connectivity index (χ2v) is 29.1. The van der Waals surface area contributed by atoms with Gasteiger partial charge in [0.05, 0.1) is 70.9 Å². The molecule has 3 aromatic rings. The van der Waals surface area contributed by atoms with Crippen LogP contribution in [0.3, 0.4) is 0 Å². The van der Waals surface area contributed by atoms with Crippen molar-refractivity contribution in [2.75, 3.05) is 85.3 Å². The number of hydrogen-bond donors (Lipinski definition) is 9. The predicted molar refractivity (Wildman–Crippen MR) is 395 cm³/mol. The van der Waals surface area contributed by atoms with Crippen LogP contribution in [-0.2, 0) is 98.4 Å². The fourth-order valence-corrected chi connectivity index (χ4v) is 13.2. The number of halogens is 1. The van der Waals surface area contributed by atoms with Gasteiger partial charge in [0.15, 0.2) is 0 Å². The van der Waals surface area contributed by atoms with Crippen molar-refractivity contribution in [3.8, 4) is 11.8 Å². The number of nitrogens with one attached hydrogen (secondary N) is 4. The number of aliphatic carboxylic acids is 4. The maximum atomic E-state index is 13.5. The lowest BCUT2D eigenvalue weighted by atomic mass is 9.82. The van der Waals surface area contributed by atoms with Gasteiger partial charge in [-0.05, 0) is 153 Å². The van der Waals surface area contributed by atoms with Crippen molar-refractivity contribution in [1.82, 2.24) is 21.3 Å². The molecule has 105 heavy (non-hydrogen) atoms. The zero-order valence-electron chi connectivity index (χ0n) is 59.8. The highest BCUT2D eigenvalue weighted by Crippen LogP contribution is 2.45. The molecule has 4 rings (SSSR count). The number of ketones is 4. The van der Waals surface area contributed by atoms with Gasteiger partial charge in [-0.3, -0.25) is 57.3 Å². The number of carbonyl (C=O) groups excluding carboxylic acids is 8. The van der Waals surface area contributed by atoms with Crippen molar-refractivity contribution in [3.63, 3.8) is 0 Å². The molecule has 0 saturated heterocycles. The number of benzene rings is 3. The number of rotatable bonds is 61. The first-order valence-corrected chi connectivity index (χ1v) is 39.0. The van der Waals surface area contributed by atoms with Gasteiger partial charge in [-0.25, -0.2) is 4.79 Å². The second kappa shape index (κ2) is 52.4. The number of carboxylic acid groups (broad SMARTS) is 4. The Balaban J connectivity index is 1.08. The molecule has 27 nitrogen and oxygen atoms in total. The van der Waals surface area contributed by atoms with E-state index in [-0.39, 0.29) is 144 Å². The van der Waals surface area contributed by atoms with E-state index < -0.39 is 93.2 Å². The van der Waals surface area contributed by atoms with Crippen molar-refractivity contribution < 1.29 is 111 Å². The van der Waals surface area contributed by atoms with Gasteiger partial charge in [-0.15, -0.1) is 0 Å². The molecule has 29 heteroatoms. The Labute approximate surface area is 627 Å². The van der Waals surface area contributed by atoms with Gasteiger partial charge in [-0.2, -0.15) is 0 Å². The molecular weight excluding hydrogens is 1490 g/mol. The highest BCUT2D eigenvalue weighted by molar-refractivity contribution is 14.1. The van der Waals surface area contributed by atoms with Gasteiger partial charge < -0.3 is 70.1 Å². The minimum atomic E-state index is -4.52. The van der Waals surface area contributed by atoms with Crippen LogP contribution >= 0.6 is 30.2 Å². The van der Waals surface area contributed by atoms with E-state index in [1.54, 1.807) is 0 Å². The van der Waals surface area contributed by atoms with Gasteiger partial charge in [-0.1, -0.05) is 66.8 Å². The largest absolute Gasteiger partial charge is 0.481 e. The Morgan fingerprint density at radius 1 is 0.476 bits per heavy atom. The number of hydrogen-bond acceptors (Lipinski definition) is 18. The van der Waals surface area contributed by atoms with Crippen LogP contribution in [0.5, 0.6) is 0 Å². The number of amides is 4. The summed E-state index contributed by atoms with van der Waals surface area (Å²) in [5.74, 6) is -5.16. The van der Waals surface area contributed by atoms with E-state index in [0.29, 0.717) is 104 Å². The van der Waals surface area contributed by atoms with Crippen LogP contribution < -0.4 is 21.3 Å². The van der Waals surface area contributed by atoms with E-state index >= 15 is 0 Å². The van der Waals surface area contributed by atoms with Gasteiger partial charge in [0.1, 0.15) is 29.2 Å². The van der Waals surface area contributed by atoms with Crippen LogP contribution in [0.2, 0.25) is 0 Å². The number of fused-ring (bicyclic) bond motifs is 2. The van der Waals surface area contributed by atoms with Crippen LogP contribution in [0.15, 0.2) is 72.8 Å². The van der Waals surface area contributed by atoms with E-state index in [4.69, 9.17) is 28.6 Å². The summed E-state index contributed by atoms with van der Waals surface area (Å²) in [5.41, 5.74) is 4.83. The van der Waals surface area contributed by atoms with Crippen molar-refractivity contribution >= 4 is 101 Å². The molecule has 0 radical (unpaired) electrons. The van der Waals surface area contributed by atoms with Gasteiger partial charge >= 0.3 is 31.5 Å². The SMILES string of the molecule is O=C(O)CC[C@H](CP(=O)(O)OCCC[C@H](NC(=O)CC[C@H](CC(=O)CCCCCNC(=O)CC[C@@H](CC(=O)CCOCCOCCOCCOCCCC(=O)CCC(=O)C1Cc2ccccc2C#Cc2ccccc21)C(=O)NCCCCCNC(=O)CCCc1ccc(I)cc1)C(=O)O)C(=O)O)C(=O)O. The van der Waals surface area contributed by atoms with Crippen LogP contribution in [0.4, 0.5) is 0 Å². The first kappa shape index (κ1) is 89.8. The van der Waals surface area contributed by atoms with Crippen LogP contribution in [0.1, 0.15) is 188 Å². The molecule has 2 unspecified atom stereocenters. The molecule has 3 aromatic carbocycles. The second-order valence-electron chi connectivity index (χ2n) is 25.9. The Bertz CT molecular complexity index is 3390. The summed E-state index contributed by atoms with van der Waals surface area (Å²) in [6.07, 6.45) is 3.60. The molecular formula is C76H104IN4O23P. The van der Waals surface area contributed by atoms with E-state index in [9.17, 15) is 82.3 Å². The van der Waals surface area contributed by atoms with Crippen molar-refractivity contribution in [3.05, 3.63) is 104 Å². The molecule has 0 heterocycles. The third-order valence-corrected chi connectivity index (χ3v) is 19.6. The Morgan fingerprint density at radius 2 is 1.02 bits per heavy atom. The molecule has 4 amide bonds. The summed E-state index contributed by atoms with van der Waals surface area (Å²) in [6, 6.07) is 22.2. The predicted octanol–water partition coefficient (Wildman–Crippen LogP) is 8.50. The molecule has 0 aromatic heterocycles. The molecule has 0 saturated carbocycles. The lowest BCUT2D eigenvalue weighted by Crippen LogP contribution is -2.41. The van der Waals surface area contributed by atoms with Gasteiger partial charge in [0, 0.05) is 123 Å². The molecule has 1 aliphatic carbocycles. The van der Waals surface area contributed by atoms with Crippen LogP contribution in [0.25, 0.3) is 0 Å². The Morgan fingerprint density at radius 3 is 1.68 bits per heavy atom. The quantitative estimate of drug-likeness (QED) is 0.0111. The average Bonchev–Trinajstić information content (AvgIpc) is 0.805. The van der Waals surface area contributed by atoms with Crippen LogP contribution in [-0.4, -0.2) is 187 Å². The van der Waals surface area contributed by atoms with E-state index in [0.717, 1.165) is 45.1 Å². The maximum Gasteiger partial charge on any atom is 0.328 e. The first-order valence-electron chi connectivity index (χ1n) is 36.2. The van der Waals surface area contributed by atoms with Crippen molar-refractivity contribution in [1.29, 1.82) is 0 Å². The topological polar surface area (TPSA) is 417 Å². The molecule has 0 bridgehead atoms. The number of carboxylic acids is 4. The summed E-state index contributed by atoms with van der Waals surface area (Å²) >= 11 is 2.25. The fraction of sp³-hybridized carbons (Fsp3) is 0.579. The normalized spacial score (nSPS) is 14.0. The summed E-state index contributed by atoms with van der Waals surface area (Å²) in [6.45, 7) is 2.77. The molecule has 0 spiro atoms. The number of ether oxygens (including phenoxy) is 4. The molecule has 1 aliphatic rings. The summed E-state index contributed by atoms with van der Waals surface area (Å²) in [7, 11) is -4.52. The standard InChI is InChI=1S/C76H104IN4O23P/c77-61-30-23-54(24-31-61)14-11-22-69(86)78-39-9-2-10-40-80-73(91)58(27-34-70(87)79-38-8-1-3-18-63(83)51-59(74(92)93)28-35-71(88)81-67(76(96)97)21-13-42-104-105(98,99)53-60(75(94)95)29-36-72(89)90)50-64(84)37-43-101-45-47-103-49-48-102-46-44-100-41-12-19-62(82)32-33-68(85)66-52-57-17-5-4-15-55(57)25-26-56-16-6-7-20-65(56)66/h4-7,15-17,20,23-24,30-31,58-60,66-67H,1-3,8-14,18-19,21-22,27-29,32-53H2,(H,78,86)(H,79,87)(H,80,91)(H,81,88)(H,89,90)(H,92,93)(H,94,95)(H,96,97)(H,98,99)/t58-,59+,60+,66?,67-/m0/s1. The monoisotopic (exact) mass is 1600 g/mol. The third kappa shape index (κ3) is 40.6.